The Morgan fingerprint density at radius 2 is 2.23 bits per heavy atom. The first-order valence-corrected chi connectivity index (χ1v) is 9.01. The van der Waals surface area contributed by atoms with Gasteiger partial charge in [-0.15, -0.1) is 10.2 Å². The number of carbonyl (C=O) groups excluding carboxylic acids is 1. The van der Waals surface area contributed by atoms with Crippen LogP contribution in [-0.2, 0) is 4.79 Å². The van der Waals surface area contributed by atoms with Crippen molar-refractivity contribution in [2.45, 2.75) is 42.1 Å². The molecule has 1 fully saturated rings. The smallest absolute Gasteiger partial charge is 0.230 e. The van der Waals surface area contributed by atoms with E-state index >= 15 is 0 Å². The molecule has 3 N–H and O–H groups in total. The average molecular weight is 338 g/mol. The van der Waals surface area contributed by atoms with E-state index in [1.54, 1.807) is 0 Å². The van der Waals surface area contributed by atoms with Gasteiger partial charge in [-0.05, 0) is 31.7 Å². The molecular formula is C13H18N6OS2. The van der Waals surface area contributed by atoms with Crippen LogP contribution in [0, 0.1) is 0 Å². The number of hydrogen-bond donors (Lipinski definition) is 2. The van der Waals surface area contributed by atoms with Crippen LogP contribution in [0.5, 0.6) is 0 Å². The molecule has 2 heterocycles. The van der Waals surface area contributed by atoms with Crippen LogP contribution in [0.3, 0.4) is 0 Å². The van der Waals surface area contributed by atoms with Crippen LogP contribution in [0.15, 0.2) is 22.8 Å². The molecule has 3 rings (SSSR count). The van der Waals surface area contributed by atoms with Gasteiger partial charge in [-0.25, -0.2) is 0 Å². The van der Waals surface area contributed by atoms with Crippen LogP contribution in [0.1, 0.15) is 31.7 Å². The van der Waals surface area contributed by atoms with E-state index in [4.69, 9.17) is 5.73 Å². The highest BCUT2D eigenvalue weighted by molar-refractivity contribution is 8.01. The van der Waals surface area contributed by atoms with Crippen molar-refractivity contribution >= 4 is 34.1 Å². The number of amides is 1. The molecule has 0 saturated heterocycles. The molecule has 0 aliphatic heterocycles. The number of nitrogens with zero attached hydrogens (tertiary/aromatic N) is 4. The minimum Gasteiger partial charge on any atom is -0.374 e. The minimum atomic E-state index is 0.0429. The quantitative estimate of drug-likeness (QED) is 0.805. The van der Waals surface area contributed by atoms with Crippen LogP contribution in [0.2, 0.25) is 0 Å². The van der Waals surface area contributed by atoms with Gasteiger partial charge in [-0.1, -0.05) is 23.1 Å². The molecular weight excluding hydrogens is 320 g/mol. The van der Waals surface area contributed by atoms with E-state index in [1.165, 1.54) is 23.1 Å². The first-order chi connectivity index (χ1) is 10.7. The molecule has 9 heteroatoms. The molecule has 0 spiro atoms. The summed E-state index contributed by atoms with van der Waals surface area (Å²) in [6, 6.07) is 2.67. The number of anilines is 1. The Kier molecular flexibility index (Phi) is 4.94. The van der Waals surface area contributed by atoms with Crippen molar-refractivity contribution in [1.82, 2.24) is 25.3 Å². The van der Waals surface area contributed by atoms with Gasteiger partial charge >= 0.3 is 0 Å². The van der Waals surface area contributed by atoms with Crippen molar-refractivity contribution in [3.05, 3.63) is 18.5 Å². The zero-order valence-corrected chi connectivity index (χ0v) is 13.6. The summed E-state index contributed by atoms with van der Waals surface area (Å²) in [6.07, 6.45) is 7.90. The molecule has 1 saturated carbocycles. The van der Waals surface area contributed by atoms with Gasteiger partial charge in [0.2, 0.25) is 11.0 Å². The Balaban J connectivity index is 1.39. The Morgan fingerprint density at radius 3 is 2.86 bits per heavy atom. The van der Waals surface area contributed by atoms with E-state index in [-0.39, 0.29) is 11.9 Å². The lowest BCUT2D eigenvalue weighted by Crippen LogP contribution is -2.38. The summed E-state index contributed by atoms with van der Waals surface area (Å²) < 4.78 is 2.75. The summed E-state index contributed by atoms with van der Waals surface area (Å²) in [7, 11) is 0. The Labute approximate surface area is 136 Å². The molecule has 2 aromatic rings. The number of nitrogens with two attached hydrogens (primary N) is 1. The molecule has 2 aromatic heterocycles. The number of nitrogens with one attached hydrogen (secondary N) is 1. The largest absolute Gasteiger partial charge is 0.374 e. The molecule has 1 amide bonds. The summed E-state index contributed by atoms with van der Waals surface area (Å²) >= 11 is 2.68. The van der Waals surface area contributed by atoms with Crippen LogP contribution in [-0.4, -0.2) is 37.7 Å². The third-order valence-corrected chi connectivity index (χ3v) is 5.60. The number of hydrogen-bond acceptors (Lipinski definition) is 7. The van der Waals surface area contributed by atoms with Gasteiger partial charge in [-0.3, -0.25) is 9.48 Å². The SMILES string of the molecule is Nc1nnc(SCC(=O)NC2CCC(n3cccn3)CC2)s1. The van der Waals surface area contributed by atoms with Crippen molar-refractivity contribution in [1.29, 1.82) is 0 Å². The zero-order chi connectivity index (χ0) is 15.4. The molecule has 0 bridgehead atoms. The third kappa shape index (κ3) is 3.98. The van der Waals surface area contributed by atoms with E-state index in [9.17, 15) is 4.79 Å². The van der Waals surface area contributed by atoms with Gasteiger partial charge in [0, 0.05) is 18.4 Å². The van der Waals surface area contributed by atoms with E-state index in [2.05, 4.69) is 20.6 Å². The maximum Gasteiger partial charge on any atom is 0.230 e. The van der Waals surface area contributed by atoms with Crippen molar-refractivity contribution in [3.63, 3.8) is 0 Å². The topological polar surface area (TPSA) is 98.7 Å². The normalized spacial score (nSPS) is 21.6. The Bertz CT molecular complexity index is 606. The lowest BCUT2D eigenvalue weighted by atomic mass is 9.91. The monoisotopic (exact) mass is 338 g/mol. The maximum absolute atomic E-state index is 12.0. The minimum absolute atomic E-state index is 0.0429. The zero-order valence-electron chi connectivity index (χ0n) is 12.0. The second kappa shape index (κ2) is 7.10. The number of rotatable bonds is 5. The van der Waals surface area contributed by atoms with Crippen molar-refractivity contribution in [3.8, 4) is 0 Å². The highest BCUT2D eigenvalue weighted by Gasteiger charge is 2.23. The van der Waals surface area contributed by atoms with Crippen LogP contribution in [0.4, 0.5) is 5.13 Å². The molecule has 0 aromatic carbocycles. The van der Waals surface area contributed by atoms with Crippen LogP contribution < -0.4 is 11.1 Å². The molecule has 0 unspecified atom stereocenters. The molecule has 118 valence electrons. The van der Waals surface area contributed by atoms with Gasteiger partial charge in [0.1, 0.15) is 0 Å². The molecule has 1 aliphatic rings. The van der Waals surface area contributed by atoms with Crippen molar-refractivity contribution in [2.24, 2.45) is 0 Å². The summed E-state index contributed by atoms with van der Waals surface area (Å²) in [4.78, 5) is 12.0. The molecule has 7 nitrogen and oxygen atoms in total. The van der Waals surface area contributed by atoms with Gasteiger partial charge in [0.05, 0.1) is 11.8 Å². The van der Waals surface area contributed by atoms with Gasteiger partial charge in [0.25, 0.3) is 0 Å². The fraction of sp³-hybridized carbons (Fsp3) is 0.538. The number of carbonyl (C=O) groups is 1. The van der Waals surface area contributed by atoms with E-state index in [0.29, 0.717) is 16.9 Å². The number of nitrogen functional groups attached to an aromatic ring is 1. The van der Waals surface area contributed by atoms with Crippen molar-refractivity contribution < 1.29 is 4.79 Å². The number of aromatic nitrogens is 4. The summed E-state index contributed by atoms with van der Waals surface area (Å²) in [5.74, 6) is 0.398. The molecule has 1 aliphatic carbocycles. The van der Waals surface area contributed by atoms with Crippen molar-refractivity contribution in [2.75, 3.05) is 11.5 Å². The van der Waals surface area contributed by atoms with Gasteiger partial charge < -0.3 is 11.1 Å². The Hall–Kier alpha value is -1.61. The molecule has 0 radical (unpaired) electrons. The predicted molar refractivity (Wildman–Crippen MR) is 86.7 cm³/mol. The van der Waals surface area contributed by atoms with E-state index < -0.39 is 0 Å². The van der Waals surface area contributed by atoms with E-state index in [0.717, 1.165) is 30.0 Å². The molecule has 0 atom stereocenters. The lowest BCUT2D eigenvalue weighted by Gasteiger charge is -2.29. The highest BCUT2D eigenvalue weighted by atomic mass is 32.2. The standard InChI is InChI=1S/C13H18N6OS2/c14-12-17-18-13(22-12)21-8-11(20)16-9-2-4-10(5-3-9)19-7-1-6-15-19/h1,6-7,9-10H,2-5,8H2,(H2,14,17)(H,16,20). The summed E-state index contributed by atoms with van der Waals surface area (Å²) in [6.45, 7) is 0. The van der Waals surface area contributed by atoms with E-state index in [1.807, 2.05) is 23.1 Å². The lowest BCUT2D eigenvalue weighted by molar-refractivity contribution is -0.119. The van der Waals surface area contributed by atoms with Gasteiger partial charge in [0.15, 0.2) is 4.34 Å². The summed E-state index contributed by atoms with van der Waals surface area (Å²) in [5.41, 5.74) is 5.51. The first-order valence-electron chi connectivity index (χ1n) is 7.21. The highest BCUT2D eigenvalue weighted by Crippen LogP contribution is 2.28. The third-order valence-electron chi connectivity index (χ3n) is 3.71. The first kappa shape index (κ1) is 15.3. The fourth-order valence-corrected chi connectivity index (χ4v) is 4.10. The fourth-order valence-electron chi connectivity index (χ4n) is 2.66. The summed E-state index contributed by atoms with van der Waals surface area (Å²) in [5, 5.41) is 15.4. The van der Waals surface area contributed by atoms with Crippen LogP contribution in [0.25, 0.3) is 0 Å². The average Bonchev–Trinajstić information content (AvgIpc) is 3.17. The number of thioether (sulfide) groups is 1. The van der Waals surface area contributed by atoms with Crippen LogP contribution >= 0.6 is 23.1 Å². The van der Waals surface area contributed by atoms with Gasteiger partial charge in [-0.2, -0.15) is 5.10 Å². The maximum atomic E-state index is 12.0. The second-order valence-corrected chi connectivity index (χ2v) is 7.49. The Morgan fingerprint density at radius 1 is 1.41 bits per heavy atom. The second-order valence-electron chi connectivity index (χ2n) is 5.25. The molecule has 22 heavy (non-hydrogen) atoms. The predicted octanol–water partition coefficient (Wildman–Crippen LogP) is 1.71.